The van der Waals surface area contributed by atoms with Gasteiger partial charge < -0.3 is 20.6 Å². The van der Waals surface area contributed by atoms with Crippen LogP contribution in [0.5, 0.6) is 11.5 Å². The molecule has 0 aliphatic carbocycles. The Morgan fingerprint density at radius 2 is 1.75 bits per heavy atom. The summed E-state index contributed by atoms with van der Waals surface area (Å²) < 4.78 is 0. The number of rotatable bonds is 3. The maximum absolute atomic E-state index is 11.9. The number of carboxylic acid groups (broad SMARTS) is 1. The second kappa shape index (κ2) is 5.27. The number of carboxylic acids is 1. The molecular formula is C13H10N2O5. The Kier molecular flexibility index (Phi) is 3.52. The SMILES string of the molecule is O=C(O)c1cncc(NC(=O)c2ccc(O)c(O)c2)c1. The van der Waals surface area contributed by atoms with E-state index in [0.29, 0.717) is 0 Å². The number of benzene rings is 1. The molecule has 7 heteroatoms. The number of amides is 1. The van der Waals surface area contributed by atoms with Crippen LogP contribution >= 0.6 is 0 Å². The first-order valence-electron chi connectivity index (χ1n) is 5.49. The number of aromatic hydroxyl groups is 2. The molecule has 1 aromatic heterocycles. The zero-order valence-corrected chi connectivity index (χ0v) is 10.1. The molecule has 0 atom stereocenters. The van der Waals surface area contributed by atoms with Crippen LogP contribution in [0.3, 0.4) is 0 Å². The highest BCUT2D eigenvalue weighted by Gasteiger charge is 2.11. The summed E-state index contributed by atoms with van der Waals surface area (Å²) >= 11 is 0. The molecule has 1 aromatic carbocycles. The second-order valence-corrected chi connectivity index (χ2v) is 3.93. The van der Waals surface area contributed by atoms with Gasteiger partial charge in [-0.05, 0) is 24.3 Å². The quantitative estimate of drug-likeness (QED) is 0.629. The van der Waals surface area contributed by atoms with Crippen LogP contribution < -0.4 is 5.32 Å². The van der Waals surface area contributed by atoms with Gasteiger partial charge in [0.05, 0.1) is 17.4 Å². The Labute approximate surface area is 113 Å². The van der Waals surface area contributed by atoms with Gasteiger partial charge in [-0.15, -0.1) is 0 Å². The van der Waals surface area contributed by atoms with E-state index in [4.69, 9.17) is 10.2 Å². The summed E-state index contributed by atoms with van der Waals surface area (Å²) in [4.78, 5) is 26.4. The van der Waals surface area contributed by atoms with Crippen molar-refractivity contribution in [3.63, 3.8) is 0 Å². The highest BCUT2D eigenvalue weighted by atomic mass is 16.4. The number of hydrogen-bond donors (Lipinski definition) is 4. The number of aromatic carboxylic acids is 1. The molecule has 20 heavy (non-hydrogen) atoms. The number of carbonyl (C=O) groups excluding carboxylic acids is 1. The van der Waals surface area contributed by atoms with Gasteiger partial charge in [0.2, 0.25) is 0 Å². The predicted molar refractivity (Wildman–Crippen MR) is 68.9 cm³/mol. The van der Waals surface area contributed by atoms with E-state index in [0.717, 1.165) is 12.3 Å². The van der Waals surface area contributed by atoms with Gasteiger partial charge in [0.15, 0.2) is 11.5 Å². The molecule has 0 fully saturated rings. The molecule has 0 aliphatic rings. The molecule has 2 rings (SSSR count). The third-order valence-corrected chi connectivity index (χ3v) is 2.48. The van der Waals surface area contributed by atoms with Gasteiger partial charge in [-0.25, -0.2) is 4.79 Å². The van der Waals surface area contributed by atoms with E-state index in [-0.39, 0.29) is 22.6 Å². The number of phenolic OH excluding ortho intramolecular Hbond substituents is 2. The van der Waals surface area contributed by atoms with Crippen LogP contribution in [0.15, 0.2) is 36.7 Å². The summed E-state index contributed by atoms with van der Waals surface area (Å²) in [6.07, 6.45) is 2.45. The van der Waals surface area contributed by atoms with E-state index >= 15 is 0 Å². The van der Waals surface area contributed by atoms with Crippen LogP contribution in [0.4, 0.5) is 5.69 Å². The maximum atomic E-state index is 11.9. The van der Waals surface area contributed by atoms with Crippen LogP contribution in [0, 0.1) is 0 Å². The summed E-state index contributed by atoms with van der Waals surface area (Å²) in [5.41, 5.74) is 0.264. The summed E-state index contributed by atoms with van der Waals surface area (Å²) in [6.45, 7) is 0. The molecule has 0 aliphatic heterocycles. The fourth-order valence-corrected chi connectivity index (χ4v) is 1.49. The minimum absolute atomic E-state index is 0.0589. The first-order chi connectivity index (χ1) is 9.47. The average Bonchev–Trinajstić information content (AvgIpc) is 2.42. The molecule has 2 aromatic rings. The number of phenols is 2. The van der Waals surface area contributed by atoms with Crippen molar-refractivity contribution in [2.75, 3.05) is 5.32 Å². The van der Waals surface area contributed by atoms with E-state index < -0.39 is 17.6 Å². The number of carbonyl (C=O) groups is 2. The minimum Gasteiger partial charge on any atom is -0.504 e. The Morgan fingerprint density at radius 3 is 2.40 bits per heavy atom. The molecule has 0 unspecified atom stereocenters. The first-order valence-corrected chi connectivity index (χ1v) is 5.49. The highest BCUT2D eigenvalue weighted by Crippen LogP contribution is 2.25. The molecule has 1 heterocycles. The molecule has 0 spiro atoms. The van der Waals surface area contributed by atoms with E-state index in [9.17, 15) is 14.7 Å². The number of nitrogens with one attached hydrogen (secondary N) is 1. The largest absolute Gasteiger partial charge is 0.504 e. The molecule has 4 N–H and O–H groups in total. The topological polar surface area (TPSA) is 120 Å². The van der Waals surface area contributed by atoms with Gasteiger partial charge in [-0.2, -0.15) is 0 Å². The average molecular weight is 274 g/mol. The Bertz CT molecular complexity index is 684. The van der Waals surface area contributed by atoms with Crippen LogP contribution in [-0.4, -0.2) is 32.2 Å². The van der Waals surface area contributed by atoms with E-state index in [1.54, 1.807) is 0 Å². The van der Waals surface area contributed by atoms with Crippen molar-refractivity contribution in [1.82, 2.24) is 4.98 Å². The van der Waals surface area contributed by atoms with Gasteiger partial charge in [0.1, 0.15) is 0 Å². The van der Waals surface area contributed by atoms with Crippen molar-refractivity contribution < 1.29 is 24.9 Å². The van der Waals surface area contributed by atoms with Gasteiger partial charge in [-0.3, -0.25) is 9.78 Å². The number of aromatic nitrogens is 1. The highest BCUT2D eigenvalue weighted by molar-refractivity contribution is 6.05. The van der Waals surface area contributed by atoms with Gasteiger partial charge in [0, 0.05) is 11.8 Å². The molecule has 102 valence electrons. The fourth-order valence-electron chi connectivity index (χ4n) is 1.49. The normalized spacial score (nSPS) is 10.0. The molecule has 7 nitrogen and oxygen atoms in total. The van der Waals surface area contributed by atoms with E-state index in [1.807, 2.05) is 0 Å². The van der Waals surface area contributed by atoms with Gasteiger partial charge >= 0.3 is 5.97 Å². The number of anilines is 1. The molecule has 0 saturated carbocycles. The predicted octanol–water partition coefficient (Wildman–Crippen LogP) is 1.44. The lowest BCUT2D eigenvalue weighted by atomic mass is 10.2. The lowest BCUT2D eigenvalue weighted by Crippen LogP contribution is -2.12. The number of nitrogens with zero attached hydrogens (tertiary/aromatic N) is 1. The Balaban J connectivity index is 2.21. The molecular weight excluding hydrogens is 264 g/mol. The minimum atomic E-state index is -1.16. The van der Waals surface area contributed by atoms with Crippen molar-refractivity contribution in [2.24, 2.45) is 0 Å². The maximum Gasteiger partial charge on any atom is 0.337 e. The summed E-state index contributed by atoms with van der Waals surface area (Å²) in [7, 11) is 0. The van der Waals surface area contributed by atoms with E-state index in [1.165, 1.54) is 24.4 Å². The molecule has 0 radical (unpaired) electrons. The van der Waals surface area contributed by atoms with Crippen molar-refractivity contribution in [3.8, 4) is 11.5 Å². The van der Waals surface area contributed by atoms with Crippen LogP contribution in [-0.2, 0) is 0 Å². The van der Waals surface area contributed by atoms with Crippen molar-refractivity contribution in [3.05, 3.63) is 47.8 Å². The zero-order chi connectivity index (χ0) is 14.7. The standard InChI is InChI=1S/C13H10N2O5/c16-10-2-1-7(4-11(10)17)12(18)15-9-3-8(13(19)20)5-14-6-9/h1-6,16-17H,(H,15,18)(H,19,20). The third-order valence-electron chi connectivity index (χ3n) is 2.48. The van der Waals surface area contributed by atoms with Crippen LogP contribution in [0.2, 0.25) is 0 Å². The lowest BCUT2D eigenvalue weighted by Gasteiger charge is -2.06. The summed E-state index contributed by atoms with van der Waals surface area (Å²) in [6, 6.07) is 4.85. The Morgan fingerprint density at radius 1 is 1.00 bits per heavy atom. The number of hydrogen-bond acceptors (Lipinski definition) is 5. The molecule has 0 saturated heterocycles. The van der Waals surface area contributed by atoms with Gasteiger partial charge in [0.25, 0.3) is 5.91 Å². The van der Waals surface area contributed by atoms with E-state index in [2.05, 4.69) is 10.3 Å². The fraction of sp³-hybridized carbons (Fsp3) is 0. The van der Waals surface area contributed by atoms with Gasteiger partial charge in [-0.1, -0.05) is 0 Å². The van der Waals surface area contributed by atoms with Crippen molar-refractivity contribution in [1.29, 1.82) is 0 Å². The zero-order valence-electron chi connectivity index (χ0n) is 10.1. The van der Waals surface area contributed by atoms with Crippen molar-refractivity contribution in [2.45, 2.75) is 0 Å². The summed E-state index contributed by atoms with van der Waals surface area (Å²) in [5.74, 6) is -2.48. The Hall–Kier alpha value is -3.09. The smallest absolute Gasteiger partial charge is 0.337 e. The van der Waals surface area contributed by atoms with Crippen molar-refractivity contribution >= 4 is 17.6 Å². The van der Waals surface area contributed by atoms with Crippen LogP contribution in [0.25, 0.3) is 0 Å². The molecule has 1 amide bonds. The monoisotopic (exact) mass is 274 g/mol. The third kappa shape index (κ3) is 2.83. The molecule has 0 bridgehead atoms. The summed E-state index contributed by atoms with van der Waals surface area (Å²) in [5, 5.41) is 29.7. The first kappa shape index (κ1) is 13.3. The van der Waals surface area contributed by atoms with Crippen LogP contribution in [0.1, 0.15) is 20.7 Å². The second-order valence-electron chi connectivity index (χ2n) is 3.93. The number of pyridine rings is 1. The lowest BCUT2D eigenvalue weighted by molar-refractivity contribution is 0.0696.